The molecule has 3 nitrogen and oxygen atoms in total. The zero-order valence-corrected chi connectivity index (χ0v) is 19.0. The van der Waals surface area contributed by atoms with Gasteiger partial charge in [-0.2, -0.15) is 0 Å². The molecule has 4 heteroatoms. The second-order valence-corrected chi connectivity index (χ2v) is 8.89. The van der Waals surface area contributed by atoms with Crippen molar-refractivity contribution >= 4 is 11.5 Å². The van der Waals surface area contributed by atoms with E-state index in [9.17, 15) is 14.3 Å². The monoisotopic (exact) mass is 443 g/mol. The highest BCUT2D eigenvalue weighted by Gasteiger charge is 2.34. The lowest BCUT2D eigenvalue weighted by atomic mass is 9.84. The topological polar surface area (TPSA) is 40.5 Å². The van der Waals surface area contributed by atoms with E-state index in [1.165, 1.54) is 6.07 Å². The first kappa shape index (κ1) is 22.9. The summed E-state index contributed by atoms with van der Waals surface area (Å²) in [6.07, 6.45) is 4.04. The first-order chi connectivity index (χ1) is 15.9. The fourth-order valence-corrected chi connectivity index (χ4v) is 4.41. The molecule has 0 atom stereocenters. The minimum absolute atomic E-state index is 0.0417. The van der Waals surface area contributed by atoms with Gasteiger partial charge < -0.3 is 10.0 Å². The van der Waals surface area contributed by atoms with E-state index >= 15 is 0 Å². The van der Waals surface area contributed by atoms with Crippen LogP contribution in [0.3, 0.4) is 0 Å². The fraction of sp³-hybridized carbons (Fsp3) is 0.276. The lowest BCUT2D eigenvalue weighted by molar-refractivity contribution is -0.130. The van der Waals surface area contributed by atoms with E-state index in [0.29, 0.717) is 38.8 Å². The van der Waals surface area contributed by atoms with Gasteiger partial charge in [0.1, 0.15) is 5.82 Å². The third-order valence-corrected chi connectivity index (χ3v) is 6.51. The van der Waals surface area contributed by atoms with Crippen LogP contribution in [0.25, 0.3) is 5.57 Å². The molecule has 3 aromatic rings. The standard InChI is InChI=1S/C29H30FNO2/c1-22-10-13-24(14-11-22)25(15-12-23-6-5-9-27(30)20-23)21-28(32)31-18-16-29(33,17-19-31)26-7-3-2-4-8-26/h2-11,13-14,20-21,33H,12,15-19H2,1H3/b25-21-. The van der Waals surface area contributed by atoms with Gasteiger partial charge in [-0.25, -0.2) is 4.39 Å². The smallest absolute Gasteiger partial charge is 0.246 e. The molecule has 1 saturated heterocycles. The van der Waals surface area contributed by atoms with Crippen molar-refractivity contribution in [2.24, 2.45) is 0 Å². The maximum Gasteiger partial charge on any atom is 0.246 e. The molecule has 1 N–H and O–H groups in total. The molecule has 0 radical (unpaired) electrons. The predicted octanol–water partition coefficient (Wildman–Crippen LogP) is 5.66. The van der Waals surface area contributed by atoms with E-state index in [4.69, 9.17) is 0 Å². The van der Waals surface area contributed by atoms with Crippen LogP contribution in [0.5, 0.6) is 0 Å². The molecule has 0 bridgehead atoms. The van der Waals surface area contributed by atoms with Crippen molar-refractivity contribution < 1.29 is 14.3 Å². The predicted molar refractivity (Wildman–Crippen MR) is 130 cm³/mol. The van der Waals surface area contributed by atoms with Gasteiger partial charge in [0.2, 0.25) is 5.91 Å². The van der Waals surface area contributed by atoms with Crippen LogP contribution in [-0.2, 0) is 16.8 Å². The van der Waals surface area contributed by atoms with Crippen LogP contribution in [-0.4, -0.2) is 29.0 Å². The Morgan fingerprint density at radius 3 is 2.36 bits per heavy atom. The van der Waals surface area contributed by atoms with Crippen LogP contribution < -0.4 is 0 Å². The Labute approximate surface area is 195 Å². The van der Waals surface area contributed by atoms with Crippen LogP contribution in [0.15, 0.2) is 84.9 Å². The molecule has 0 aliphatic carbocycles. The van der Waals surface area contributed by atoms with Crippen LogP contribution in [0, 0.1) is 12.7 Å². The number of amides is 1. The van der Waals surface area contributed by atoms with Gasteiger partial charge in [0.05, 0.1) is 5.60 Å². The SMILES string of the molecule is Cc1ccc(/C(=C\C(=O)N2CCC(O)(c3ccccc3)CC2)CCc2cccc(F)c2)cc1. The quantitative estimate of drug-likeness (QED) is 0.500. The van der Waals surface area contributed by atoms with Crippen molar-refractivity contribution in [2.45, 2.75) is 38.2 Å². The first-order valence-electron chi connectivity index (χ1n) is 11.5. The molecule has 0 aromatic heterocycles. The molecule has 1 aliphatic heterocycles. The van der Waals surface area contributed by atoms with E-state index in [0.717, 1.165) is 27.8 Å². The number of likely N-dealkylation sites (tertiary alicyclic amines) is 1. The molecule has 1 amide bonds. The maximum atomic E-state index is 13.6. The number of nitrogens with zero attached hydrogens (tertiary/aromatic N) is 1. The molecule has 1 aliphatic rings. The highest BCUT2D eigenvalue weighted by molar-refractivity contribution is 5.95. The number of aryl methyl sites for hydroxylation is 2. The maximum absolute atomic E-state index is 13.6. The second kappa shape index (κ2) is 10.1. The Kier molecular flexibility index (Phi) is 7.05. The number of allylic oxidation sites excluding steroid dienone is 1. The van der Waals surface area contributed by atoms with Gasteiger partial charge in [-0.3, -0.25) is 4.79 Å². The number of hydrogen-bond acceptors (Lipinski definition) is 2. The molecule has 33 heavy (non-hydrogen) atoms. The number of rotatable bonds is 6. The largest absolute Gasteiger partial charge is 0.385 e. The minimum atomic E-state index is -0.890. The van der Waals surface area contributed by atoms with Gasteiger partial charge in [-0.1, -0.05) is 72.3 Å². The number of aliphatic hydroxyl groups is 1. The number of carbonyl (C=O) groups excluding carboxylic acids is 1. The molecule has 170 valence electrons. The molecular weight excluding hydrogens is 413 g/mol. The van der Waals surface area contributed by atoms with Gasteiger partial charge in [0.25, 0.3) is 0 Å². The van der Waals surface area contributed by atoms with Crippen molar-refractivity contribution in [2.75, 3.05) is 13.1 Å². The summed E-state index contributed by atoms with van der Waals surface area (Å²) in [4.78, 5) is 15.0. The van der Waals surface area contributed by atoms with Crippen molar-refractivity contribution in [3.63, 3.8) is 0 Å². The summed E-state index contributed by atoms with van der Waals surface area (Å²) in [7, 11) is 0. The molecular formula is C29H30FNO2. The lowest BCUT2D eigenvalue weighted by Crippen LogP contribution is -2.44. The van der Waals surface area contributed by atoms with E-state index in [-0.39, 0.29) is 11.7 Å². The van der Waals surface area contributed by atoms with Gasteiger partial charge in [-0.05, 0) is 67.0 Å². The molecule has 1 heterocycles. The molecule has 0 unspecified atom stereocenters. The highest BCUT2D eigenvalue weighted by Crippen LogP contribution is 2.33. The summed E-state index contributed by atoms with van der Waals surface area (Å²) in [6.45, 7) is 3.05. The van der Waals surface area contributed by atoms with E-state index < -0.39 is 5.60 Å². The van der Waals surface area contributed by atoms with Gasteiger partial charge >= 0.3 is 0 Å². The highest BCUT2D eigenvalue weighted by atomic mass is 19.1. The molecule has 3 aromatic carbocycles. The zero-order chi connectivity index (χ0) is 23.3. The van der Waals surface area contributed by atoms with Crippen LogP contribution >= 0.6 is 0 Å². The van der Waals surface area contributed by atoms with Crippen LogP contribution in [0.4, 0.5) is 4.39 Å². The van der Waals surface area contributed by atoms with Crippen molar-refractivity contribution in [3.8, 4) is 0 Å². The second-order valence-electron chi connectivity index (χ2n) is 8.89. The average molecular weight is 444 g/mol. The van der Waals surface area contributed by atoms with E-state index in [1.807, 2.05) is 72.5 Å². The third-order valence-electron chi connectivity index (χ3n) is 6.51. The number of piperidine rings is 1. The number of benzene rings is 3. The van der Waals surface area contributed by atoms with Crippen molar-refractivity contribution in [1.29, 1.82) is 0 Å². The Morgan fingerprint density at radius 1 is 1.00 bits per heavy atom. The van der Waals surface area contributed by atoms with Crippen LogP contribution in [0.1, 0.15) is 41.5 Å². The molecule has 0 spiro atoms. The Bertz CT molecular complexity index is 1110. The van der Waals surface area contributed by atoms with Gasteiger partial charge in [0, 0.05) is 19.2 Å². The fourth-order valence-electron chi connectivity index (χ4n) is 4.41. The number of halogens is 1. The molecule has 4 rings (SSSR count). The van der Waals surface area contributed by atoms with Crippen molar-refractivity contribution in [3.05, 3.63) is 113 Å². The van der Waals surface area contributed by atoms with Gasteiger partial charge in [0.15, 0.2) is 0 Å². The average Bonchev–Trinajstić information content (AvgIpc) is 2.83. The Balaban J connectivity index is 1.49. The number of hydrogen-bond donors (Lipinski definition) is 1. The van der Waals surface area contributed by atoms with E-state index in [1.54, 1.807) is 18.2 Å². The Hall–Kier alpha value is -3.24. The zero-order valence-electron chi connectivity index (χ0n) is 19.0. The van der Waals surface area contributed by atoms with Crippen molar-refractivity contribution in [1.82, 2.24) is 4.90 Å². The number of carbonyl (C=O) groups is 1. The summed E-state index contributed by atoms with van der Waals surface area (Å²) in [5, 5.41) is 11.1. The normalized spacial score (nSPS) is 16.0. The summed E-state index contributed by atoms with van der Waals surface area (Å²) < 4.78 is 13.6. The minimum Gasteiger partial charge on any atom is -0.385 e. The van der Waals surface area contributed by atoms with Gasteiger partial charge in [-0.15, -0.1) is 0 Å². The lowest BCUT2D eigenvalue weighted by Gasteiger charge is -2.38. The summed E-state index contributed by atoms with van der Waals surface area (Å²) in [5.41, 5.74) is 4.02. The van der Waals surface area contributed by atoms with Crippen LogP contribution in [0.2, 0.25) is 0 Å². The molecule has 1 fully saturated rings. The van der Waals surface area contributed by atoms with E-state index in [2.05, 4.69) is 0 Å². The molecule has 0 saturated carbocycles. The first-order valence-corrected chi connectivity index (χ1v) is 11.5. The summed E-state index contributed by atoms with van der Waals surface area (Å²) >= 11 is 0. The summed E-state index contributed by atoms with van der Waals surface area (Å²) in [6, 6.07) is 24.4. The summed E-state index contributed by atoms with van der Waals surface area (Å²) in [5.74, 6) is -0.288. The Morgan fingerprint density at radius 2 is 1.70 bits per heavy atom. The third kappa shape index (κ3) is 5.77.